The number of carbonyl (C=O) groups excluding carboxylic acids is 1. The molecule has 0 atom stereocenters. The Kier molecular flexibility index (Phi) is 5.56. The van der Waals surface area contributed by atoms with Crippen LogP contribution in [-0.2, 0) is 0 Å². The maximum absolute atomic E-state index is 12.5. The number of ether oxygens (including phenoxy) is 1. The summed E-state index contributed by atoms with van der Waals surface area (Å²) in [5, 5.41) is 2.84. The predicted octanol–water partition coefficient (Wildman–Crippen LogP) is 3.06. The number of rotatable bonds is 5. The summed E-state index contributed by atoms with van der Waals surface area (Å²) in [6, 6.07) is 17.7. The number of anilines is 3. The molecule has 148 valence electrons. The maximum Gasteiger partial charge on any atom is 0.258 e. The standard InChI is InChI=1S/C22H23N5O2/c1-29-20-10-6-5-9-19(20)25-21(28)17-15-23-22(24-16-17)27-13-11-26(12-14-27)18-7-3-2-4-8-18/h2-10,15-16H,11-14H2,1H3,(H,25,28). The zero-order valence-electron chi connectivity index (χ0n) is 16.3. The molecule has 1 aliphatic heterocycles. The van der Waals surface area contributed by atoms with Crippen LogP contribution in [0.25, 0.3) is 0 Å². The third-order valence-electron chi connectivity index (χ3n) is 4.94. The Hall–Kier alpha value is -3.61. The van der Waals surface area contributed by atoms with Gasteiger partial charge in [0.1, 0.15) is 5.75 Å². The zero-order valence-corrected chi connectivity index (χ0v) is 16.3. The maximum atomic E-state index is 12.5. The van der Waals surface area contributed by atoms with Gasteiger partial charge in [0.05, 0.1) is 18.4 Å². The minimum atomic E-state index is -0.269. The van der Waals surface area contributed by atoms with Gasteiger partial charge in [0, 0.05) is 44.3 Å². The van der Waals surface area contributed by atoms with Gasteiger partial charge in [-0.3, -0.25) is 4.79 Å². The van der Waals surface area contributed by atoms with E-state index in [-0.39, 0.29) is 5.91 Å². The number of nitrogens with one attached hydrogen (secondary N) is 1. The number of benzene rings is 2. The van der Waals surface area contributed by atoms with Gasteiger partial charge in [-0.25, -0.2) is 9.97 Å². The lowest BCUT2D eigenvalue weighted by Gasteiger charge is -2.36. The highest BCUT2D eigenvalue weighted by molar-refractivity contribution is 6.04. The normalized spacial score (nSPS) is 13.8. The fourth-order valence-corrected chi connectivity index (χ4v) is 3.35. The lowest BCUT2D eigenvalue weighted by molar-refractivity contribution is 0.102. The Morgan fingerprint density at radius 3 is 2.21 bits per heavy atom. The molecule has 1 fully saturated rings. The number of nitrogens with zero attached hydrogens (tertiary/aromatic N) is 4. The van der Waals surface area contributed by atoms with Gasteiger partial charge >= 0.3 is 0 Å². The van der Waals surface area contributed by atoms with Crippen molar-refractivity contribution in [2.24, 2.45) is 0 Å². The highest BCUT2D eigenvalue weighted by atomic mass is 16.5. The first-order valence-corrected chi connectivity index (χ1v) is 9.56. The summed E-state index contributed by atoms with van der Waals surface area (Å²) in [4.78, 5) is 25.8. The van der Waals surface area contributed by atoms with E-state index in [0.29, 0.717) is 22.9 Å². The zero-order chi connectivity index (χ0) is 20.1. The molecule has 0 spiro atoms. The monoisotopic (exact) mass is 389 g/mol. The second-order valence-electron chi connectivity index (χ2n) is 6.74. The van der Waals surface area contributed by atoms with E-state index in [9.17, 15) is 4.79 Å². The SMILES string of the molecule is COc1ccccc1NC(=O)c1cnc(N2CCN(c3ccccc3)CC2)nc1. The molecule has 1 saturated heterocycles. The van der Waals surface area contributed by atoms with Crippen LogP contribution in [0.1, 0.15) is 10.4 Å². The topological polar surface area (TPSA) is 70.6 Å². The average Bonchev–Trinajstić information content (AvgIpc) is 2.80. The van der Waals surface area contributed by atoms with Crippen molar-refractivity contribution >= 4 is 23.2 Å². The minimum absolute atomic E-state index is 0.269. The van der Waals surface area contributed by atoms with Crippen LogP contribution >= 0.6 is 0 Å². The Morgan fingerprint density at radius 1 is 0.897 bits per heavy atom. The number of methoxy groups -OCH3 is 1. The van der Waals surface area contributed by atoms with E-state index in [1.807, 2.05) is 18.2 Å². The van der Waals surface area contributed by atoms with Crippen LogP contribution in [-0.4, -0.2) is 49.2 Å². The fourth-order valence-electron chi connectivity index (χ4n) is 3.35. The number of aromatic nitrogens is 2. The first kappa shape index (κ1) is 18.7. The lowest BCUT2D eigenvalue weighted by Crippen LogP contribution is -2.47. The number of piperazine rings is 1. The first-order chi connectivity index (χ1) is 14.2. The van der Waals surface area contributed by atoms with E-state index in [4.69, 9.17) is 4.74 Å². The molecule has 3 aromatic rings. The molecular formula is C22H23N5O2. The number of amides is 1. The third-order valence-corrected chi connectivity index (χ3v) is 4.94. The van der Waals surface area contributed by atoms with Crippen molar-refractivity contribution in [2.75, 3.05) is 48.4 Å². The van der Waals surface area contributed by atoms with Crippen molar-refractivity contribution in [3.8, 4) is 5.75 Å². The van der Waals surface area contributed by atoms with Crippen molar-refractivity contribution in [1.29, 1.82) is 0 Å². The molecule has 1 amide bonds. The molecule has 0 saturated carbocycles. The molecule has 1 N–H and O–H groups in total. The Labute approximate surface area is 170 Å². The van der Waals surface area contributed by atoms with Crippen molar-refractivity contribution < 1.29 is 9.53 Å². The molecule has 0 bridgehead atoms. The summed E-state index contributed by atoms with van der Waals surface area (Å²) in [5.74, 6) is 0.983. The molecular weight excluding hydrogens is 366 g/mol. The largest absolute Gasteiger partial charge is 0.495 e. The number of hydrogen-bond donors (Lipinski definition) is 1. The predicted molar refractivity (Wildman–Crippen MR) is 114 cm³/mol. The second-order valence-corrected chi connectivity index (χ2v) is 6.74. The fraction of sp³-hybridized carbons (Fsp3) is 0.227. The molecule has 2 aromatic carbocycles. The number of hydrogen-bond acceptors (Lipinski definition) is 6. The first-order valence-electron chi connectivity index (χ1n) is 9.56. The number of para-hydroxylation sites is 3. The van der Waals surface area contributed by atoms with Crippen LogP contribution in [0.2, 0.25) is 0 Å². The van der Waals surface area contributed by atoms with E-state index in [1.54, 1.807) is 31.6 Å². The summed E-state index contributed by atoms with van der Waals surface area (Å²) in [7, 11) is 1.57. The van der Waals surface area contributed by atoms with Crippen LogP contribution in [0, 0.1) is 0 Å². The van der Waals surface area contributed by atoms with Gasteiger partial charge < -0.3 is 19.9 Å². The molecule has 7 heteroatoms. The van der Waals surface area contributed by atoms with Crippen LogP contribution in [0.15, 0.2) is 67.0 Å². The molecule has 0 radical (unpaired) electrons. The molecule has 29 heavy (non-hydrogen) atoms. The third kappa shape index (κ3) is 4.29. The van der Waals surface area contributed by atoms with Crippen molar-refractivity contribution in [3.63, 3.8) is 0 Å². The summed E-state index contributed by atoms with van der Waals surface area (Å²) in [5.41, 5.74) is 2.25. The van der Waals surface area contributed by atoms with E-state index in [2.05, 4.69) is 49.4 Å². The van der Waals surface area contributed by atoms with Crippen LogP contribution in [0.4, 0.5) is 17.3 Å². The molecule has 7 nitrogen and oxygen atoms in total. The van der Waals surface area contributed by atoms with Gasteiger partial charge in [0.15, 0.2) is 0 Å². The van der Waals surface area contributed by atoms with Gasteiger partial charge in [0.2, 0.25) is 5.95 Å². The van der Waals surface area contributed by atoms with Gasteiger partial charge in [-0.05, 0) is 24.3 Å². The van der Waals surface area contributed by atoms with Gasteiger partial charge in [-0.2, -0.15) is 0 Å². The second kappa shape index (κ2) is 8.60. The van der Waals surface area contributed by atoms with Crippen LogP contribution < -0.4 is 19.9 Å². The number of carbonyl (C=O) groups is 1. The Morgan fingerprint density at radius 2 is 1.52 bits per heavy atom. The summed E-state index contributed by atoms with van der Waals surface area (Å²) < 4.78 is 5.26. The van der Waals surface area contributed by atoms with E-state index >= 15 is 0 Å². The minimum Gasteiger partial charge on any atom is -0.495 e. The molecule has 0 aliphatic carbocycles. The molecule has 0 unspecified atom stereocenters. The quantitative estimate of drug-likeness (QED) is 0.723. The van der Waals surface area contributed by atoms with Gasteiger partial charge in [0.25, 0.3) is 5.91 Å². The molecule has 4 rings (SSSR count). The summed E-state index contributed by atoms with van der Waals surface area (Å²) in [6.45, 7) is 3.48. The van der Waals surface area contributed by atoms with Crippen molar-refractivity contribution in [3.05, 3.63) is 72.6 Å². The summed E-state index contributed by atoms with van der Waals surface area (Å²) in [6.07, 6.45) is 3.13. The smallest absolute Gasteiger partial charge is 0.258 e. The van der Waals surface area contributed by atoms with Crippen LogP contribution in [0.5, 0.6) is 5.75 Å². The Bertz CT molecular complexity index is 954. The lowest BCUT2D eigenvalue weighted by atomic mass is 10.2. The van der Waals surface area contributed by atoms with Crippen LogP contribution in [0.3, 0.4) is 0 Å². The van der Waals surface area contributed by atoms with Gasteiger partial charge in [-0.1, -0.05) is 30.3 Å². The Balaban J connectivity index is 1.37. The van der Waals surface area contributed by atoms with Crippen molar-refractivity contribution in [1.82, 2.24) is 9.97 Å². The van der Waals surface area contributed by atoms with E-state index in [0.717, 1.165) is 26.2 Å². The highest BCUT2D eigenvalue weighted by Gasteiger charge is 2.19. The van der Waals surface area contributed by atoms with E-state index < -0.39 is 0 Å². The van der Waals surface area contributed by atoms with E-state index in [1.165, 1.54) is 5.69 Å². The summed E-state index contributed by atoms with van der Waals surface area (Å²) >= 11 is 0. The molecule has 1 aliphatic rings. The molecule has 1 aromatic heterocycles. The average molecular weight is 389 g/mol. The molecule has 2 heterocycles. The van der Waals surface area contributed by atoms with Crippen molar-refractivity contribution in [2.45, 2.75) is 0 Å². The highest BCUT2D eigenvalue weighted by Crippen LogP contribution is 2.24. The van der Waals surface area contributed by atoms with Gasteiger partial charge in [-0.15, -0.1) is 0 Å².